The minimum atomic E-state index is -0.289. The molecule has 0 amide bonds. The second kappa shape index (κ2) is 7.61. The zero-order chi connectivity index (χ0) is 17.8. The predicted octanol–water partition coefficient (Wildman–Crippen LogP) is 4.42. The number of nitrogens with zero attached hydrogens (tertiary/aromatic N) is 2. The maximum absolute atomic E-state index is 12.3. The fourth-order valence-electron chi connectivity index (χ4n) is 2.49. The molecule has 1 aromatic carbocycles. The van der Waals surface area contributed by atoms with E-state index in [1.165, 1.54) is 23.2 Å². The SMILES string of the molecule is Cc1c(C(=O)OCC(C)C)sc2ncnc(NCc3ccccc3)c12. The van der Waals surface area contributed by atoms with Crippen molar-refractivity contribution < 1.29 is 9.53 Å². The number of aromatic nitrogens is 2. The summed E-state index contributed by atoms with van der Waals surface area (Å²) in [5, 5.41) is 4.24. The number of anilines is 1. The highest BCUT2D eigenvalue weighted by Crippen LogP contribution is 2.33. The van der Waals surface area contributed by atoms with E-state index in [4.69, 9.17) is 4.74 Å². The number of benzene rings is 1. The van der Waals surface area contributed by atoms with E-state index in [-0.39, 0.29) is 5.97 Å². The highest BCUT2D eigenvalue weighted by molar-refractivity contribution is 7.20. The number of ether oxygens (including phenoxy) is 1. The number of aryl methyl sites for hydroxylation is 1. The second-order valence-electron chi connectivity index (χ2n) is 6.29. The molecule has 0 aliphatic carbocycles. The number of hydrogen-bond acceptors (Lipinski definition) is 6. The largest absolute Gasteiger partial charge is 0.461 e. The Kier molecular flexibility index (Phi) is 5.28. The normalized spacial score (nSPS) is 11.0. The summed E-state index contributed by atoms with van der Waals surface area (Å²) in [4.78, 5) is 22.4. The predicted molar refractivity (Wildman–Crippen MR) is 101 cm³/mol. The zero-order valence-corrected chi connectivity index (χ0v) is 15.4. The molecule has 0 fully saturated rings. The number of carbonyl (C=O) groups is 1. The van der Waals surface area contributed by atoms with E-state index in [0.717, 1.165) is 21.6 Å². The van der Waals surface area contributed by atoms with E-state index in [0.29, 0.717) is 23.9 Å². The number of esters is 1. The van der Waals surface area contributed by atoms with Crippen LogP contribution in [0.1, 0.15) is 34.6 Å². The smallest absolute Gasteiger partial charge is 0.348 e. The van der Waals surface area contributed by atoms with Gasteiger partial charge in [-0.25, -0.2) is 14.8 Å². The number of hydrogen-bond donors (Lipinski definition) is 1. The van der Waals surface area contributed by atoms with Gasteiger partial charge in [-0.3, -0.25) is 0 Å². The molecule has 0 saturated carbocycles. The molecule has 5 nitrogen and oxygen atoms in total. The van der Waals surface area contributed by atoms with E-state index in [1.807, 2.05) is 39.0 Å². The van der Waals surface area contributed by atoms with Crippen LogP contribution in [0, 0.1) is 12.8 Å². The van der Waals surface area contributed by atoms with Crippen molar-refractivity contribution in [2.24, 2.45) is 5.92 Å². The standard InChI is InChI=1S/C19H21N3O2S/c1-12(2)10-24-19(23)16-13(3)15-17(21-11-22-18(15)25-16)20-9-14-7-5-4-6-8-14/h4-8,11-12H,9-10H2,1-3H3,(H,20,21,22). The number of rotatable bonds is 6. The molecule has 3 aromatic rings. The Morgan fingerprint density at radius 1 is 1.24 bits per heavy atom. The molecule has 0 saturated heterocycles. The van der Waals surface area contributed by atoms with Crippen LogP contribution < -0.4 is 5.32 Å². The number of nitrogens with one attached hydrogen (secondary N) is 1. The molecule has 0 aliphatic rings. The Morgan fingerprint density at radius 2 is 2.00 bits per heavy atom. The summed E-state index contributed by atoms with van der Waals surface area (Å²) >= 11 is 1.35. The summed E-state index contributed by atoms with van der Waals surface area (Å²) in [6.07, 6.45) is 1.52. The molecule has 0 radical (unpaired) electrons. The summed E-state index contributed by atoms with van der Waals surface area (Å²) in [7, 11) is 0. The lowest BCUT2D eigenvalue weighted by Gasteiger charge is -2.08. The summed E-state index contributed by atoms with van der Waals surface area (Å²) in [5.74, 6) is 0.759. The molecule has 0 atom stereocenters. The van der Waals surface area contributed by atoms with E-state index in [2.05, 4.69) is 27.4 Å². The lowest BCUT2D eigenvalue weighted by atomic mass is 10.2. The van der Waals surface area contributed by atoms with Gasteiger partial charge in [0.15, 0.2) is 0 Å². The third-order valence-corrected chi connectivity index (χ3v) is 4.94. The van der Waals surface area contributed by atoms with Crippen molar-refractivity contribution in [3.63, 3.8) is 0 Å². The average Bonchev–Trinajstić information content (AvgIpc) is 2.96. The molecule has 0 unspecified atom stereocenters. The third-order valence-electron chi connectivity index (χ3n) is 3.76. The Balaban J connectivity index is 1.86. The van der Waals surface area contributed by atoms with Crippen LogP contribution in [-0.2, 0) is 11.3 Å². The first-order valence-corrected chi connectivity index (χ1v) is 9.07. The van der Waals surface area contributed by atoms with Crippen LogP contribution in [0.25, 0.3) is 10.2 Å². The van der Waals surface area contributed by atoms with Crippen LogP contribution in [-0.4, -0.2) is 22.5 Å². The quantitative estimate of drug-likeness (QED) is 0.663. The molecule has 0 bridgehead atoms. The van der Waals surface area contributed by atoms with E-state index >= 15 is 0 Å². The highest BCUT2D eigenvalue weighted by atomic mass is 32.1. The van der Waals surface area contributed by atoms with Gasteiger partial charge in [0.2, 0.25) is 0 Å². The van der Waals surface area contributed by atoms with Gasteiger partial charge in [-0.15, -0.1) is 11.3 Å². The summed E-state index contributed by atoms with van der Waals surface area (Å²) in [5.41, 5.74) is 2.03. The minimum Gasteiger partial charge on any atom is -0.461 e. The first kappa shape index (κ1) is 17.4. The number of thiophene rings is 1. The van der Waals surface area contributed by atoms with Gasteiger partial charge in [0, 0.05) is 6.54 Å². The van der Waals surface area contributed by atoms with Crippen LogP contribution >= 0.6 is 11.3 Å². The van der Waals surface area contributed by atoms with Crippen molar-refractivity contribution in [2.45, 2.75) is 27.3 Å². The van der Waals surface area contributed by atoms with Crippen LogP contribution in [0.5, 0.6) is 0 Å². The Bertz CT molecular complexity index is 875. The van der Waals surface area contributed by atoms with Crippen LogP contribution in [0.15, 0.2) is 36.7 Å². The van der Waals surface area contributed by atoms with Crippen molar-refractivity contribution in [1.82, 2.24) is 9.97 Å². The first-order valence-electron chi connectivity index (χ1n) is 8.25. The highest BCUT2D eigenvalue weighted by Gasteiger charge is 2.20. The minimum absolute atomic E-state index is 0.289. The van der Waals surface area contributed by atoms with Gasteiger partial charge in [-0.2, -0.15) is 0 Å². The monoisotopic (exact) mass is 355 g/mol. The lowest BCUT2D eigenvalue weighted by molar-refractivity contribution is 0.0464. The van der Waals surface area contributed by atoms with Crippen molar-refractivity contribution in [3.8, 4) is 0 Å². The molecule has 2 heterocycles. The molecule has 2 aromatic heterocycles. The van der Waals surface area contributed by atoms with Crippen LogP contribution in [0.4, 0.5) is 5.82 Å². The van der Waals surface area contributed by atoms with Crippen molar-refractivity contribution in [1.29, 1.82) is 0 Å². The molecule has 130 valence electrons. The summed E-state index contributed by atoms with van der Waals surface area (Å²) in [6, 6.07) is 10.1. The number of carbonyl (C=O) groups excluding carboxylic acids is 1. The molecular weight excluding hydrogens is 334 g/mol. The number of fused-ring (bicyclic) bond motifs is 1. The Morgan fingerprint density at radius 3 is 2.72 bits per heavy atom. The Hall–Kier alpha value is -2.47. The molecule has 1 N–H and O–H groups in total. The maximum atomic E-state index is 12.3. The van der Waals surface area contributed by atoms with Crippen molar-refractivity contribution in [3.05, 3.63) is 52.7 Å². The molecule has 3 rings (SSSR count). The third kappa shape index (κ3) is 3.96. The van der Waals surface area contributed by atoms with Gasteiger partial charge in [-0.1, -0.05) is 44.2 Å². The summed E-state index contributed by atoms with van der Waals surface area (Å²) < 4.78 is 5.37. The van der Waals surface area contributed by atoms with Crippen molar-refractivity contribution in [2.75, 3.05) is 11.9 Å². The second-order valence-corrected chi connectivity index (χ2v) is 7.29. The van der Waals surface area contributed by atoms with Crippen molar-refractivity contribution >= 4 is 33.3 Å². The van der Waals surface area contributed by atoms with Gasteiger partial charge in [-0.05, 0) is 24.0 Å². The van der Waals surface area contributed by atoms with Gasteiger partial charge < -0.3 is 10.1 Å². The van der Waals surface area contributed by atoms with Gasteiger partial charge in [0.1, 0.15) is 21.9 Å². The van der Waals surface area contributed by atoms with Crippen LogP contribution in [0.2, 0.25) is 0 Å². The van der Waals surface area contributed by atoms with E-state index in [1.54, 1.807) is 0 Å². The van der Waals surface area contributed by atoms with Crippen LogP contribution in [0.3, 0.4) is 0 Å². The molecular formula is C19H21N3O2S. The molecule has 25 heavy (non-hydrogen) atoms. The van der Waals surface area contributed by atoms with Gasteiger partial charge in [0.25, 0.3) is 0 Å². The molecule has 0 aliphatic heterocycles. The van der Waals surface area contributed by atoms with E-state index in [9.17, 15) is 4.79 Å². The Labute approximate surface area is 151 Å². The van der Waals surface area contributed by atoms with Gasteiger partial charge in [0.05, 0.1) is 12.0 Å². The van der Waals surface area contributed by atoms with Gasteiger partial charge >= 0.3 is 5.97 Å². The molecule has 0 spiro atoms. The average molecular weight is 355 g/mol. The fraction of sp³-hybridized carbons (Fsp3) is 0.316. The first-order chi connectivity index (χ1) is 12.1. The lowest BCUT2D eigenvalue weighted by Crippen LogP contribution is -2.09. The summed E-state index contributed by atoms with van der Waals surface area (Å²) in [6.45, 7) is 7.03. The topological polar surface area (TPSA) is 64.1 Å². The molecule has 6 heteroatoms. The zero-order valence-electron chi connectivity index (χ0n) is 14.6. The van der Waals surface area contributed by atoms with E-state index < -0.39 is 0 Å². The fourth-order valence-corrected chi connectivity index (χ4v) is 3.53. The maximum Gasteiger partial charge on any atom is 0.348 e.